The topological polar surface area (TPSA) is 69.1 Å². The first-order valence-corrected chi connectivity index (χ1v) is 5.83. The SMILES string of the molecule is NCCCCCCC(=O)c1ccccc1N. The molecule has 0 aliphatic heterocycles. The lowest BCUT2D eigenvalue weighted by Gasteiger charge is -2.04. The van der Waals surface area contributed by atoms with Gasteiger partial charge in [-0.25, -0.2) is 0 Å². The molecule has 0 heterocycles. The summed E-state index contributed by atoms with van der Waals surface area (Å²) < 4.78 is 0. The first-order valence-electron chi connectivity index (χ1n) is 5.83. The van der Waals surface area contributed by atoms with Crippen molar-refractivity contribution in [1.82, 2.24) is 0 Å². The van der Waals surface area contributed by atoms with Crippen LogP contribution >= 0.6 is 0 Å². The maximum atomic E-state index is 11.8. The van der Waals surface area contributed by atoms with Crippen LogP contribution in [0.2, 0.25) is 0 Å². The number of benzene rings is 1. The van der Waals surface area contributed by atoms with E-state index >= 15 is 0 Å². The molecule has 3 nitrogen and oxygen atoms in total. The molecule has 3 heteroatoms. The lowest BCUT2D eigenvalue weighted by molar-refractivity contribution is 0.0980. The lowest BCUT2D eigenvalue weighted by atomic mass is 10.0. The van der Waals surface area contributed by atoms with E-state index in [2.05, 4.69) is 0 Å². The number of rotatable bonds is 7. The van der Waals surface area contributed by atoms with Gasteiger partial charge in [-0.2, -0.15) is 0 Å². The molecular formula is C13H20N2O. The van der Waals surface area contributed by atoms with E-state index in [4.69, 9.17) is 11.5 Å². The summed E-state index contributed by atoms with van der Waals surface area (Å²) >= 11 is 0. The van der Waals surface area contributed by atoms with Crippen molar-refractivity contribution in [1.29, 1.82) is 0 Å². The second kappa shape index (κ2) is 7.01. The zero-order valence-corrected chi connectivity index (χ0v) is 9.61. The molecule has 88 valence electrons. The third-order valence-corrected chi connectivity index (χ3v) is 2.62. The Morgan fingerprint density at radius 3 is 2.44 bits per heavy atom. The van der Waals surface area contributed by atoms with Gasteiger partial charge in [0.25, 0.3) is 0 Å². The number of carbonyl (C=O) groups excluding carboxylic acids is 1. The molecule has 1 aromatic rings. The highest BCUT2D eigenvalue weighted by molar-refractivity contribution is 6.00. The van der Waals surface area contributed by atoms with Crippen LogP contribution in [0.15, 0.2) is 24.3 Å². The maximum Gasteiger partial charge on any atom is 0.164 e. The van der Waals surface area contributed by atoms with Crippen LogP contribution in [0.25, 0.3) is 0 Å². The van der Waals surface area contributed by atoms with Gasteiger partial charge in [0.2, 0.25) is 0 Å². The summed E-state index contributed by atoms with van der Waals surface area (Å²) in [4.78, 5) is 11.8. The molecule has 0 saturated heterocycles. The number of para-hydroxylation sites is 1. The predicted molar refractivity (Wildman–Crippen MR) is 67.3 cm³/mol. The van der Waals surface area contributed by atoms with E-state index in [1.54, 1.807) is 12.1 Å². The summed E-state index contributed by atoms with van der Waals surface area (Å²) in [5.41, 5.74) is 12.4. The van der Waals surface area contributed by atoms with Gasteiger partial charge in [-0.15, -0.1) is 0 Å². The summed E-state index contributed by atoms with van der Waals surface area (Å²) in [7, 11) is 0. The molecule has 1 aromatic carbocycles. The largest absolute Gasteiger partial charge is 0.398 e. The fourth-order valence-electron chi connectivity index (χ4n) is 1.67. The van der Waals surface area contributed by atoms with Crippen molar-refractivity contribution in [2.24, 2.45) is 5.73 Å². The van der Waals surface area contributed by atoms with Crippen LogP contribution in [0.3, 0.4) is 0 Å². The highest BCUT2D eigenvalue weighted by Gasteiger charge is 2.07. The van der Waals surface area contributed by atoms with Gasteiger partial charge in [0, 0.05) is 17.7 Å². The van der Waals surface area contributed by atoms with Crippen molar-refractivity contribution >= 4 is 11.5 Å². The molecule has 4 N–H and O–H groups in total. The molecule has 0 fully saturated rings. The number of hydrogen-bond acceptors (Lipinski definition) is 3. The zero-order valence-electron chi connectivity index (χ0n) is 9.61. The van der Waals surface area contributed by atoms with Gasteiger partial charge in [-0.3, -0.25) is 4.79 Å². The highest BCUT2D eigenvalue weighted by Crippen LogP contribution is 2.15. The Morgan fingerprint density at radius 1 is 1.06 bits per heavy atom. The van der Waals surface area contributed by atoms with Crippen molar-refractivity contribution in [2.45, 2.75) is 32.1 Å². The van der Waals surface area contributed by atoms with Gasteiger partial charge >= 0.3 is 0 Å². The summed E-state index contributed by atoms with van der Waals surface area (Å²) in [5.74, 6) is 0.144. The third-order valence-electron chi connectivity index (χ3n) is 2.62. The van der Waals surface area contributed by atoms with Gasteiger partial charge in [0.05, 0.1) is 0 Å². The van der Waals surface area contributed by atoms with Crippen LogP contribution in [-0.4, -0.2) is 12.3 Å². The average Bonchev–Trinajstić information content (AvgIpc) is 2.29. The van der Waals surface area contributed by atoms with Gasteiger partial charge in [0.1, 0.15) is 0 Å². The van der Waals surface area contributed by atoms with E-state index < -0.39 is 0 Å². The molecule has 0 unspecified atom stereocenters. The molecule has 0 spiro atoms. The second-order valence-corrected chi connectivity index (χ2v) is 3.96. The van der Waals surface area contributed by atoms with Gasteiger partial charge in [0.15, 0.2) is 5.78 Å². The Morgan fingerprint density at radius 2 is 1.75 bits per heavy atom. The first kappa shape index (κ1) is 12.7. The summed E-state index contributed by atoms with van der Waals surface area (Å²) in [6, 6.07) is 7.24. The molecule has 0 aliphatic rings. The molecule has 1 rings (SSSR count). The Hall–Kier alpha value is -1.35. The Balaban J connectivity index is 2.33. The Bertz CT molecular complexity index is 336. The number of anilines is 1. The van der Waals surface area contributed by atoms with Crippen LogP contribution in [0.4, 0.5) is 5.69 Å². The predicted octanol–water partition coefficient (Wildman–Crippen LogP) is 2.36. The van der Waals surface area contributed by atoms with Gasteiger partial charge < -0.3 is 11.5 Å². The van der Waals surface area contributed by atoms with Crippen LogP contribution in [-0.2, 0) is 0 Å². The van der Waals surface area contributed by atoms with Gasteiger partial charge in [-0.05, 0) is 31.5 Å². The summed E-state index contributed by atoms with van der Waals surface area (Å²) in [6.45, 7) is 0.736. The summed E-state index contributed by atoms with van der Waals surface area (Å²) in [6.07, 6.45) is 4.72. The normalized spacial score (nSPS) is 10.3. The van der Waals surface area contributed by atoms with Crippen molar-refractivity contribution in [3.63, 3.8) is 0 Å². The lowest BCUT2D eigenvalue weighted by Crippen LogP contribution is -2.03. The number of ketones is 1. The van der Waals surface area contributed by atoms with Crippen LogP contribution in [0.1, 0.15) is 42.5 Å². The van der Waals surface area contributed by atoms with E-state index in [1.165, 1.54) is 0 Å². The van der Waals surface area contributed by atoms with E-state index in [0.29, 0.717) is 17.7 Å². The van der Waals surface area contributed by atoms with E-state index in [0.717, 1.165) is 32.2 Å². The minimum absolute atomic E-state index is 0.144. The number of nitrogen functional groups attached to an aromatic ring is 1. The smallest absolute Gasteiger partial charge is 0.164 e. The first-order chi connectivity index (χ1) is 7.75. The molecular weight excluding hydrogens is 200 g/mol. The zero-order chi connectivity index (χ0) is 11.8. The van der Waals surface area contributed by atoms with Crippen LogP contribution < -0.4 is 11.5 Å². The molecule has 0 aromatic heterocycles. The number of Topliss-reactive ketones (excluding diaryl/α,β-unsaturated/α-hetero) is 1. The van der Waals surface area contributed by atoms with E-state index in [-0.39, 0.29) is 5.78 Å². The van der Waals surface area contributed by atoms with Crippen LogP contribution in [0, 0.1) is 0 Å². The number of nitrogens with two attached hydrogens (primary N) is 2. The molecule has 16 heavy (non-hydrogen) atoms. The minimum Gasteiger partial charge on any atom is -0.398 e. The Labute approximate surface area is 96.8 Å². The van der Waals surface area contributed by atoms with Crippen molar-refractivity contribution < 1.29 is 4.79 Å². The van der Waals surface area contributed by atoms with Crippen molar-refractivity contribution in [3.8, 4) is 0 Å². The highest BCUT2D eigenvalue weighted by atomic mass is 16.1. The van der Waals surface area contributed by atoms with Crippen LogP contribution in [0.5, 0.6) is 0 Å². The minimum atomic E-state index is 0.144. The maximum absolute atomic E-state index is 11.8. The third kappa shape index (κ3) is 4.03. The quantitative estimate of drug-likeness (QED) is 0.421. The Kier molecular flexibility index (Phi) is 5.57. The molecule has 0 radical (unpaired) electrons. The number of hydrogen-bond donors (Lipinski definition) is 2. The fourth-order valence-corrected chi connectivity index (χ4v) is 1.67. The average molecular weight is 220 g/mol. The van der Waals surface area contributed by atoms with E-state index in [9.17, 15) is 4.79 Å². The van der Waals surface area contributed by atoms with E-state index in [1.807, 2.05) is 12.1 Å². The molecule has 0 bridgehead atoms. The number of carbonyl (C=O) groups is 1. The standard InChI is InChI=1S/C13H20N2O/c14-10-6-2-1-3-9-13(16)11-7-4-5-8-12(11)15/h4-5,7-8H,1-3,6,9-10,14-15H2. The van der Waals surface area contributed by atoms with Gasteiger partial charge in [-0.1, -0.05) is 25.0 Å². The number of unbranched alkanes of at least 4 members (excludes halogenated alkanes) is 3. The molecule has 0 saturated carbocycles. The fraction of sp³-hybridized carbons (Fsp3) is 0.462. The monoisotopic (exact) mass is 220 g/mol. The molecule has 0 amide bonds. The second-order valence-electron chi connectivity index (χ2n) is 3.96. The molecule has 0 aliphatic carbocycles. The summed E-state index contributed by atoms with van der Waals surface area (Å²) in [5, 5.41) is 0. The molecule has 0 atom stereocenters. The van der Waals surface area contributed by atoms with Crippen molar-refractivity contribution in [3.05, 3.63) is 29.8 Å². The van der Waals surface area contributed by atoms with Crippen molar-refractivity contribution in [2.75, 3.05) is 12.3 Å².